The van der Waals surface area contributed by atoms with E-state index in [0.717, 1.165) is 40.1 Å². The number of ether oxygens (including phenoxy) is 2. The molecule has 0 amide bonds. The Morgan fingerprint density at radius 1 is 1.05 bits per heavy atom. The third kappa shape index (κ3) is 2.42. The summed E-state index contributed by atoms with van der Waals surface area (Å²) in [5, 5.41) is 0. The zero-order valence-corrected chi connectivity index (χ0v) is 11.8. The van der Waals surface area contributed by atoms with Crippen LogP contribution in [0.15, 0.2) is 54.1 Å². The van der Waals surface area contributed by atoms with Crippen LogP contribution in [0.4, 0.5) is 0 Å². The van der Waals surface area contributed by atoms with Gasteiger partial charge < -0.3 is 9.47 Å². The van der Waals surface area contributed by atoms with Crippen LogP contribution in [0, 0.1) is 0 Å². The topological polar surface area (TPSA) is 35.5 Å². The Morgan fingerprint density at radius 2 is 1.76 bits per heavy atom. The van der Waals surface area contributed by atoms with E-state index in [9.17, 15) is 4.79 Å². The van der Waals surface area contributed by atoms with Gasteiger partial charge in [-0.1, -0.05) is 36.4 Å². The summed E-state index contributed by atoms with van der Waals surface area (Å²) in [6.07, 6.45) is 1.51. The van der Waals surface area contributed by atoms with Crippen molar-refractivity contribution in [3.8, 4) is 11.5 Å². The van der Waals surface area contributed by atoms with E-state index >= 15 is 0 Å². The molecule has 0 saturated carbocycles. The molecule has 0 radical (unpaired) electrons. The van der Waals surface area contributed by atoms with E-state index in [0.29, 0.717) is 13.0 Å². The first-order valence-electron chi connectivity index (χ1n) is 6.89. The molecule has 1 heterocycles. The number of carbonyl (C=O) groups excluding carboxylic acids is 1. The predicted molar refractivity (Wildman–Crippen MR) is 81.6 cm³/mol. The molecule has 0 saturated heterocycles. The van der Waals surface area contributed by atoms with Crippen molar-refractivity contribution in [1.29, 1.82) is 0 Å². The molecule has 3 nitrogen and oxygen atoms in total. The van der Waals surface area contributed by atoms with Gasteiger partial charge >= 0.3 is 0 Å². The molecule has 106 valence electrons. The Labute approximate surface area is 123 Å². The number of rotatable bonds is 3. The van der Waals surface area contributed by atoms with Gasteiger partial charge in [-0.3, -0.25) is 4.79 Å². The number of methoxy groups -OCH3 is 1. The highest BCUT2D eigenvalue weighted by Gasteiger charge is 2.21. The maximum Gasteiger partial charge on any atom is 0.146 e. The van der Waals surface area contributed by atoms with Gasteiger partial charge in [-0.15, -0.1) is 0 Å². The molecule has 0 N–H and O–H groups in total. The average molecular weight is 280 g/mol. The fraction of sp³-hybridized carbons (Fsp3) is 0.167. The lowest BCUT2D eigenvalue weighted by atomic mass is 9.91. The van der Waals surface area contributed by atoms with Crippen molar-refractivity contribution in [3.63, 3.8) is 0 Å². The predicted octanol–water partition coefficient (Wildman–Crippen LogP) is 3.48. The number of hydrogen-bond acceptors (Lipinski definition) is 3. The van der Waals surface area contributed by atoms with Gasteiger partial charge in [-0.05, 0) is 12.1 Å². The Bertz CT molecular complexity index is 701. The highest BCUT2D eigenvalue weighted by atomic mass is 16.5. The fourth-order valence-corrected chi connectivity index (χ4v) is 2.66. The van der Waals surface area contributed by atoms with Gasteiger partial charge in [0.1, 0.15) is 17.8 Å². The molecule has 0 bridgehead atoms. The van der Waals surface area contributed by atoms with Crippen molar-refractivity contribution >= 4 is 11.9 Å². The van der Waals surface area contributed by atoms with Crippen molar-refractivity contribution in [2.75, 3.05) is 13.7 Å². The Kier molecular flexibility index (Phi) is 3.73. The molecule has 0 aromatic heterocycles. The van der Waals surface area contributed by atoms with Crippen LogP contribution in [0.3, 0.4) is 0 Å². The lowest BCUT2D eigenvalue weighted by Gasteiger charge is -2.15. The lowest BCUT2D eigenvalue weighted by Crippen LogP contribution is -1.98. The van der Waals surface area contributed by atoms with Crippen LogP contribution in [0.1, 0.15) is 17.5 Å². The fourth-order valence-electron chi connectivity index (χ4n) is 2.66. The molecule has 1 aliphatic rings. The van der Waals surface area contributed by atoms with Crippen molar-refractivity contribution < 1.29 is 14.3 Å². The molecule has 3 rings (SSSR count). The summed E-state index contributed by atoms with van der Waals surface area (Å²) in [7, 11) is 1.64. The Morgan fingerprint density at radius 3 is 2.52 bits per heavy atom. The third-order valence-corrected chi connectivity index (χ3v) is 3.63. The monoisotopic (exact) mass is 280 g/mol. The molecule has 2 aromatic carbocycles. The van der Waals surface area contributed by atoms with Crippen molar-refractivity contribution in [2.24, 2.45) is 0 Å². The summed E-state index contributed by atoms with van der Waals surface area (Å²) < 4.78 is 11.2. The van der Waals surface area contributed by atoms with E-state index < -0.39 is 0 Å². The number of hydrogen-bond donors (Lipinski definition) is 0. The van der Waals surface area contributed by atoms with E-state index in [1.165, 1.54) is 0 Å². The zero-order valence-electron chi connectivity index (χ0n) is 11.8. The van der Waals surface area contributed by atoms with Crippen molar-refractivity contribution in [3.05, 3.63) is 65.2 Å². The zero-order chi connectivity index (χ0) is 14.7. The standard InChI is InChI=1S/C18H16O3/c1-20-16-8-4-2-6-14(16)18-13(12-19)10-11-21-17-9-5-3-7-15(17)18/h2-9,12H,10-11H2,1H3. The smallest absolute Gasteiger partial charge is 0.146 e. The second-order valence-electron chi connectivity index (χ2n) is 4.81. The first-order valence-corrected chi connectivity index (χ1v) is 6.89. The lowest BCUT2D eigenvalue weighted by molar-refractivity contribution is -0.105. The number of aldehydes is 1. The van der Waals surface area contributed by atoms with Gasteiger partial charge in [0.15, 0.2) is 0 Å². The van der Waals surface area contributed by atoms with Crippen LogP contribution in [-0.2, 0) is 4.79 Å². The van der Waals surface area contributed by atoms with Gasteiger partial charge in [0, 0.05) is 28.7 Å². The van der Waals surface area contributed by atoms with Crippen LogP contribution in [-0.4, -0.2) is 20.0 Å². The molecule has 2 aromatic rings. The molecule has 21 heavy (non-hydrogen) atoms. The quantitative estimate of drug-likeness (QED) is 0.807. The van der Waals surface area contributed by atoms with E-state index in [1.807, 2.05) is 48.5 Å². The molecule has 0 spiro atoms. The third-order valence-electron chi connectivity index (χ3n) is 3.63. The van der Waals surface area contributed by atoms with Crippen molar-refractivity contribution in [2.45, 2.75) is 6.42 Å². The SMILES string of the molecule is COc1ccccc1C1=C(C=O)CCOc2ccccc21. The molecule has 0 fully saturated rings. The van der Waals surface area contributed by atoms with Gasteiger partial charge in [-0.2, -0.15) is 0 Å². The summed E-state index contributed by atoms with van der Waals surface area (Å²) >= 11 is 0. The molecular formula is C18H16O3. The normalized spacial score (nSPS) is 14.0. The summed E-state index contributed by atoms with van der Waals surface area (Å²) in [4.78, 5) is 11.6. The molecule has 1 aliphatic heterocycles. The minimum atomic E-state index is 0.504. The molecular weight excluding hydrogens is 264 g/mol. The first-order chi connectivity index (χ1) is 10.3. The summed E-state index contributed by atoms with van der Waals surface area (Å²) in [6.45, 7) is 0.504. The van der Waals surface area contributed by atoms with Gasteiger partial charge in [0.25, 0.3) is 0 Å². The van der Waals surface area contributed by atoms with Gasteiger partial charge in [0.05, 0.1) is 13.7 Å². The van der Waals surface area contributed by atoms with Crippen LogP contribution in [0.2, 0.25) is 0 Å². The van der Waals surface area contributed by atoms with Crippen LogP contribution < -0.4 is 9.47 Å². The Balaban J connectivity index is 2.30. The molecule has 0 unspecified atom stereocenters. The van der Waals surface area contributed by atoms with E-state index in [-0.39, 0.29) is 0 Å². The molecule has 0 aliphatic carbocycles. The van der Waals surface area contributed by atoms with Crippen LogP contribution in [0.5, 0.6) is 11.5 Å². The largest absolute Gasteiger partial charge is 0.496 e. The number of fused-ring (bicyclic) bond motifs is 1. The van der Waals surface area contributed by atoms with E-state index in [2.05, 4.69) is 0 Å². The van der Waals surface area contributed by atoms with Crippen LogP contribution >= 0.6 is 0 Å². The second kappa shape index (κ2) is 5.83. The summed E-state index contributed by atoms with van der Waals surface area (Å²) in [6, 6.07) is 15.5. The minimum Gasteiger partial charge on any atom is -0.496 e. The van der Waals surface area contributed by atoms with E-state index in [4.69, 9.17) is 9.47 Å². The number of para-hydroxylation sites is 2. The summed E-state index contributed by atoms with van der Waals surface area (Å²) in [5.74, 6) is 1.55. The average Bonchev–Trinajstić information content (AvgIpc) is 2.73. The number of carbonyl (C=O) groups is 1. The van der Waals surface area contributed by atoms with Crippen LogP contribution in [0.25, 0.3) is 5.57 Å². The number of benzene rings is 2. The highest BCUT2D eigenvalue weighted by Crippen LogP contribution is 2.39. The molecule has 3 heteroatoms. The Hall–Kier alpha value is -2.55. The highest BCUT2D eigenvalue weighted by molar-refractivity contribution is 5.97. The van der Waals surface area contributed by atoms with E-state index in [1.54, 1.807) is 7.11 Å². The van der Waals surface area contributed by atoms with Crippen molar-refractivity contribution in [1.82, 2.24) is 0 Å². The van der Waals surface area contributed by atoms with Gasteiger partial charge in [-0.25, -0.2) is 0 Å². The summed E-state index contributed by atoms with van der Waals surface area (Å²) in [5.41, 5.74) is 3.49. The van der Waals surface area contributed by atoms with Gasteiger partial charge in [0.2, 0.25) is 0 Å². The minimum absolute atomic E-state index is 0.504. The first kappa shape index (κ1) is 13.4. The maximum atomic E-state index is 11.6. The second-order valence-corrected chi connectivity index (χ2v) is 4.81. The molecule has 0 atom stereocenters. The maximum absolute atomic E-state index is 11.6.